The number of carbonyl (C=O) groups excluding carboxylic acids is 1. The molecule has 1 fully saturated rings. The lowest BCUT2D eigenvalue weighted by molar-refractivity contribution is -0.190. The molecule has 4 N–H and O–H groups in total. The third kappa shape index (κ3) is 3.56. The van der Waals surface area contributed by atoms with Gasteiger partial charge in [-0.05, 0) is 12.7 Å². The van der Waals surface area contributed by atoms with Crippen molar-refractivity contribution < 1.29 is 24.9 Å². The molecule has 0 bridgehead atoms. The Bertz CT molecular complexity index is 265. The maximum Gasteiger partial charge on any atom is 0.221 e. The number of amides is 1. The molecule has 7 heteroatoms. The molecule has 1 amide bonds. The molecule has 1 saturated heterocycles. The van der Waals surface area contributed by atoms with Crippen LogP contribution >= 0.6 is 12.6 Å². The molecule has 17 heavy (non-hydrogen) atoms. The number of aliphatic hydroxyl groups is 3. The Kier molecular flexibility index (Phi) is 5.68. The van der Waals surface area contributed by atoms with E-state index in [4.69, 9.17) is 9.84 Å². The van der Waals surface area contributed by atoms with Crippen LogP contribution in [0, 0.1) is 0 Å². The summed E-state index contributed by atoms with van der Waals surface area (Å²) in [5.74, 6) is 0.153. The van der Waals surface area contributed by atoms with Crippen molar-refractivity contribution in [2.24, 2.45) is 0 Å². The monoisotopic (exact) mass is 265 g/mol. The van der Waals surface area contributed by atoms with E-state index in [0.717, 1.165) is 0 Å². The van der Waals surface area contributed by atoms with Crippen LogP contribution in [0.25, 0.3) is 0 Å². The van der Waals surface area contributed by atoms with E-state index in [2.05, 4.69) is 17.9 Å². The second-order valence-corrected chi connectivity index (χ2v) is 4.56. The fourth-order valence-electron chi connectivity index (χ4n) is 1.86. The molecular weight excluding hydrogens is 246 g/mol. The zero-order valence-corrected chi connectivity index (χ0v) is 10.5. The second-order valence-electron chi connectivity index (χ2n) is 4.11. The molecular formula is C10H19NO5S. The van der Waals surface area contributed by atoms with Crippen molar-refractivity contribution >= 4 is 18.5 Å². The molecule has 0 aromatic carbocycles. The van der Waals surface area contributed by atoms with E-state index in [0.29, 0.717) is 5.75 Å². The summed E-state index contributed by atoms with van der Waals surface area (Å²) in [4.78, 5) is 11.4. The first-order valence-electron chi connectivity index (χ1n) is 5.54. The lowest BCUT2D eigenvalue weighted by Crippen LogP contribution is -2.63. The van der Waals surface area contributed by atoms with Gasteiger partial charge >= 0.3 is 0 Å². The van der Waals surface area contributed by atoms with Crippen molar-refractivity contribution in [1.29, 1.82) is 0 Å². The SMILES string of the molecule is CC1OC(CO)[C@@H](O)[C@H](O)C1NC(=O)CCS. The number of carbonyl (C=O) groups is 1. The quantitative estimate of drug-likeness (QED) is 0.390. The predicted molar refractivity (Wildman–Crippen MR) is 63.8 cm³/mol. The van der Waals surface area contributed by atoms with Crippen molar-refractivity contribution in [2.75, 3.05) is 12.4 Å². The van der Waals surface area contributed by atoms with E-state index in [-0.39, 0.29) is 18.9 Å². The molecule has 0 aromatic heterocycles. The van der Waals surface area contributed by atoms with E-state index in [1.54, 1.807) is 6.92 Å². The van der Waals surface area contributed by atoms with Crippen LogP contribution < -0.4 is 5.32 Å². The Morgan fingerprint density at radius 1 is 1.41 bits per heavy atom. The highest BCUT2D eigenvalue weighted by Gasteiger charge is 2.42. The third-order valence-corrected chi connectivity index (χ3v) is 3.06. The van der Waals surface area contributed by atoms with Gasteiger partial charge in [0.2, 0.25) is 5.91 Å². The molecule has 1 aliphatic rings. The van der Waals surface area contributed by atoms with Crippen molar-refractivity contribution in [3.63, 3.8) is 0 Å². The summed E-state index contributed by atoms with van der Waals surface area (Å²) in [7, 11) is 0. The summed E-state index contributed by atoms with van der Waals surface area (Å²) < 4.78 is 5.32. The first-order chi connectivity index (χ1) is 8.01. The fraction of sp³-hybridized carbons (Fsp3) is 0.900. The van der Waals surface area contributed by atoms with Gasteiger partial charge in [0.25, 0.3) is 0 Å². The molecule has 1 aliphatic heterocycles. The Labute approximate surface area is 105 Å². The number of aliphatic hydroxyl groups excluding tert-OH is 3. The fourth-order valence-corrected chi connectivity index (χ4v) is 2.07. The second kappa shape index (κ2) is 6.55. The van der Waals surface area contributed by atoms with Crippen LogP contribution in [0.4, 0.5) is 0 Å². The van der Waals surface area contributed by atoms with Crippen LogP contribution in [0.3, 0.4) is 0 Å². The van der Waals surface area contributed by atoms with Gasteiger partial charge in [0.05, 0.1) is 18.8 Å². The van der Waals surface area contributed by atoms with E-state index < -0.39 is 30.5 Å². The first-order valence-corrected chi connectivity index (χ1v) is 6.17. The minimum Gasteiger partial charge on any atom is -0.394 e. The average Bonchev–Trinajstić information content (AvgIpc) is 2.29. The number of rotatable bonds is 4. The molecule has 1 rings (SSSR count). The molecule has 0 saturated carbocycles. The number of thiol groups is 1. The van der Waals surface area contributed by atoms with Crippen molar-refractivity contribution in [2.45, 2.75) is 43.8 Å². The summed E-state index contributed by atoms with van der Waals surface area (Å²) in [6.07, 6.45) is -3.43. The molecule has 0 spiro atoms. The van der Waals surface area contributed by atoms with Crippen molar-refractivity contribution in [3.05, 3.63) is 0 Å². The van der Waals surface area contributed by atoms with Crippen LogP contribution in [-0.4, -0.2) is 64.0 Å². The minimum absolute atomic E-state index is 0.235. The highest BCUT2D eigenvalue weighted by atomic mass is 32.1. The van der Waals surface area contributed by atoms with Gasteiger partial charge in [0, 0.05) is 6.42 Å². The lowest BCUT2D eigenvalue weighted by atomic mass is 9.93. The zero-order chi connectivity index (χ0) is 13.0. The van der Waals surface area contributed by atoms with E-state index >= 15 is 0 Å². The topological polar surface area (TPSA) is 99.0 Å². The van der Waals surface area contributed by atoms with E-state index in [1.165, 1.54) is 0 Å². The predicted octanol–water partition coefficient (Wildman–Crippen LogP) is -1.71. The molecule has 5 atom stereocenters. The Morgan fingerprint density at radius 2 is 2.06 bits per heavy atom. The standard InChI is InChI=1S/C10H19NO5S/c1-5-8(11-7(13)2-3-17)10(15)9(14)6(4-12)16-5/h5-6,8-10,12,14-15,17H,2-4H2,1H3,(H,11,13)/t5?,6?,8?,9-,10-/m1/s1. The molecule has 0 aliphatic carbocycles. The minimum atomic E-state index is -1.21. The van der Waals surface area contributed by atoms with Crippen LogP contribution in [0.1, 0.15) is 13.3 Å². The van der Waals surface area contributed by atoms with Gasteiger partial charge in [-0.15, -0.1) is 0 Å². The lowest BCUT2D eigenvalue weighted by Gasteiger charge is -2.41. The van der Waals surface area contributed by atoms with Crippen LogP contribution in [0.5, 0.6) is 0 Å². The molecule has 3 unspecified atom stereocenters. The summed E-state index contributed by atoms with van der Waals surface area (Å²) in [6, 6.07) is -0.680. The average molecular weight is 265 g/mol. The van der Waals surface area contributed by atoms with Gasteiger partial charge in [0.1, 0.15) is 18.3 Å². The molecule has 0 radical (unpaired) electrons. The molecule has 100 valence electrons. The van der Waals surface area contributed by atoms with E-state index in [9.17, 15) is 15.0 Å². The number of nitrogens with one attached hydrogen (secondary N) is 1. The number of hydrogen-bond acceptors (Lipinski definition) is 6. The molecule has 6 nitrogen and oxygen atoms in total. The van der Waals surface area contributed by atoms with Crippen molar-refractivity contribution in [1.82, 2.24) is 5.32 Å². The zero-order valence-electron chi connectivity index (χ0n) is 9.61. The summed E-state index contributed by atoms with van der Waals surface area (Å²) in [6.45, 7) is 1.29. The largest absolute Gasteiger partial charge is 0.394 e. The van der Waals surface area contributed by atoms with Gasteiger partial charge < -0.3 is 25.4 Å². The van der Waals surface area contributed by atoms with E-state index in [1.807, 2.05) is 0 Å². The normalized spacial score (nSPS) is 37.8. The van der Waals surface area contributed by atoms with Crippen LogP contribution in [0.15, 0.2) is 0 Å². The summed E-state index contributed by atoms with van der Waals surface area (Å²) in [5, 5.41) is 31.1. The summed E-state index contributed by atoms with van der Waals surface area (Å²) in [5.41, 5.74) is 0. The smallest absolute Gasteiger partial charge is 0.221 e. The molecule has 0 aromatic rings. The molecule has 1 heterocycles. The Hall–Kier alpha value is -0.340. The first kappa shape index (κ1) is 14.7. The maximum absolute atomic E-state index is 11.4. The third-order valence-electron chi connectivity index (χ3n) is 2.84. The Morgan fingerprint density at radius 3 is 2.59 bits per heavy atom. The van der Waals surface area contributed by atoms with Crippen molar-refractivity contribution in [3.8, 4) is 0 Å². The van der Waals surface area contributed by atoms with Crippen LogP contribution in [0.2, 0.25) is 0 Å². The van der Waals surface area contributed by atoms with Gasteiger partial charge in [0.15, 0.2) is 0 Å². The van der Waals surface area contributed by atoms with Gasteiger partial charge in [-0.25, -0.2) is 0 Å². The highest BCUT2D eigenvalue weighted by molar-refractivity contribution is 7.80. The maximum atomic E-state index is 11.4. The summed E-state index contributed by atoms with van der Waals surface area (Å²) >= 11 is 3.93. The van der Waals surface area contributed by atoms with Gasteiger partial charge in [-0.2, -0.15) is 12.6 Å². The number of hydrogen-bond donors (Lipinski definition) is 5. The number of ether oxygens (including phenoxy) is 1. The van der Waals surface area contributed by atoms with Crippen LogP contribution in [-0.2, 0) is 9.53 Å². The van der Waals surface area contributed by atoms with Gasteiger partial charge in [-0.1, -0.05) is 0 Å². The van der Waals surface area contributed by atoms with Gasteiger partial charge in [-0.3, -0.25) is 4.79 Å². The Balaban J connectivity index is 2.63. The highest BCUT2D eigenvalue weighted by Crippen LogP contribution is 2.20.